The van der Waals surface area contributed by atoms with Crippen molar-refractivity contribution in [3.8, 4) is 5.82 Å². The molecule has 3 rings (SSSR count). The van der Waals surface area contributed by atoms with Gasteiger partial charge in [0.1, 0.15) is 0 Å². The molecule has 1 amide bonds. The molecule has 2 aromatic heterocycles. The Hall–Kier alpha value is -3.04. The Bertz CT molecular complexity index is 1140. The van der Waals surface area contributed by atoms with E-state index in [0.717, 1.165) is 10.00 Å². The second kappa shape index (κ2) is 8.76. The van der Waals surface area contributed by atoms with E-state index >= 15 is 0 Å². The van der Waals surface area contributed by atoms with E-state index in [-0.39, 0.29) is 23.3 Å². The molecule has 0 aliphatic rings. The first kappa shape index (κ1) is 21.7. The van der Waals surface area contributed by atoms with Crippen LogP contribution in [0.5, 0.6) is 0 Å². The van der Waals surface area contributed by atoms with E-state index in [4.69, 9.17) is 0 Å². The average Bonchev–Trinajstić information content (AvgIpc) is 3.18. The number of hydrogen-bond donors (Lipinski definition) is 1. The van der Waals surface area contributed by atoms with Gasteiger partial charge in [0.25, 0.3) is 5.91 Å². The van der Waals surface area contributed by atoms with Crippen molar-refractivity contribution in [2.24, 2.45) is 0 Å². The first-order valence-electron chi connectivity index (χ1n) is 9.51. The van der Waals surface area contributed by atoms with Crippen LogP contribution in [0.1, 0.15) is 41.4 Å². The molecular formula is C21H25N5O3S. The van der Waals surface area contributed by atoms with Crippen molar-refractivity contribution in [3.63, 3.8) is 0 Å². The third-order valence-corrected chi connectivity index (χ3v) is 6.55. The van der Waals surface area contributed by atoms with Crippen LogP contribution in [0.3, 0.4) is 0 Å². The highest BCUT2D eigenvalue weighted by Crippen LogP contribution is 2.23. The molecule has 0 spiro atoms. The van der Waals surface area contributed by atoms with Crippen LogP contribution in [0.25, 0.3) is 5.82 Å². The average molecular weight is 428 g/mol. The third-order valence-electron chi connectivity index (χ3n) is 4.63. The molecule has 0 bridgehead atoms. The van der Waals surface area contributed by atoms with Crippen molar-refractivity contribution >= 4 is 15.9 Å². The zero-order valence-corrected chi connectivity index (χ0v) is 18.2. The van der Waals surface area contributed by atoms with Gasteiger partial charge in [0.05, 0.1) is 22.3 Å². The molecule has 9 heteroatoms. The number of aromatic nitrogens is 3. The Morgan fingerprint density at radius 1 is 1.13 bits per heavy atom. The predicted octanol–water partition coefficient (Wildman–Crippen LogP) is 2.57. The number of nitrogens with one attached hydrogen (secondary N) is 1. The van der Waals surface area contributed by atoms with Gasteiger partial charge in [0.15, 0.2) is 5.82 Å². The highest BCUT2D eigenvalue weighted by molar-refractivity contribution is 7.89. The van der Waals surface area contributed by atoms with Crippen LogP contribution in [0, 0.1) is 0 Å². The quantitative estimate of drug-likeness (QED) is 0.625. The molecule has 0 fully saturated rings. The van der Waals surface area contributed by atoms with E-state index in [2.05, 4.69) is 15.4 Å². The van der Waals surface area contributed by atoms with Crippen LogP contribution in [0.15, 0.2) is 59.8 Å². The van der Waals surface area contributed by atoms with Crippen molar-refractivity contribution in [1.82, 2.24) is 24.4 Å². The molecule has 0 unspecified atom stereocenters. The Labute approximate surface area is 176 Å². The normalized spacial score (nSPS) is 11.8. The fourth-order valence-corrected chi connectivity index (χ4v) is 4.23. The largest absolute Gasteiger partial charge is 0.348 e. The second-order valence-corrected chi connectivity index (χ2v) is 9.40. The molecular weight excluding hydrogens is 402 g/mol. The van der Waals surface area contributed by atoms with E-state index < -0.39 is 10.0 Å². The van der Waals surface area contributed by atoms with E-state index in [9.17, 15) is 13.2 Å². The monoisotopic (exact) mass is 427 g/mol. The number of sulfonamides is 1. The summed E-state index contributed by atoms with van der Waals surface area (Å²) >= 11 is 0. The highest BCUT2D eigenvalue weighted by atomic mass is 32.2. The summed E-state index contributed by atoms with van der Waals surface area (Å²) in [6.07, 6.45) is 3.19. The third kappa shape index (κ3) is 4.27. The van der Waals surface area contributed by atoms with Gasteiger partial charge in [-0.15, -0.1) is 0 Å². The minimum absolute atomic E-state index is 0.0247. The summed E-state index contributed by atoms with van der Waals surface area (Å²) in [6.45, 7) is 4.03. The SMILES string of the molecule is CC(C)c1c(C(=O)NCc2ccccc2S(=O)(=O)N(C)C)cnn1-c1ccccn1. The van der Waals surface area contributed by atoms with Crippen LogP contribution in [-0.2, 0) is 16.6 Å². The summed E-state index contributed by atoms with van der Waals surface area (Å²) in [4.78, 5) is 17.4. The molecule has 2 heterocycles. The van der Waals surface area contributed by atoms with Gasteiger partial charge >= 0.3 is 0 Å². The van der Waals surface area contributed by atoms with Crippen LogP contribution in [0.4, 0.5) is 0 Å². The Morgan fingerprint density at radius 3 is 2.47 bits per heavy atom. The lowest BCUT2D eigenvalue weighted by Crippen LogP contribution is -2.27. The van der Waals surface area contributed by atoms with Gasteiger partial charge in [-0.2, -0.15) is 5.10 Å². The Morgan fingerprint density at radius 2 is 1.83 bits per heavy atom. The first-order valence-corrected chi connectivity index (χ1v) is 11.0. The molecule has 3 aromatic rings. The summed E-state index contributed by atoms with van der Waals surface area (Å²) in [5, 5.41) is 7.19. The molecule has 158 valence electrons. The van der Waals surface area contributed by atoms with Gasteiger partial charge in [0, 0.05) is 26.8 Å². The fourth-order valence-electron chi connectivity index (χ4n) is 3.12. The summed E-state index contributed by atoms with van der Waals surface area (Å²) in [7, 11) is -0.661. The predicted molar refractivity (Wildman–Crippen MR) is 114 cm³/mol. The molecule has 8 nitrogen and oxygen atoms in total. The van der Waals surface area contributed by atoms with E-state index in [1.807, 2.05) is 32.0 Å². The number of amides is 1. The van der Waals surface area contributed by atoms with Gasteiger partial charge in [-0.1, -0.05) is 38.1 Å². The first-order chi connectivity index (χ1) is 14.2. The molecule has 30 heavy (non-hydrogen) atoms. The lowest BCUT2D eigenvalue weighted by molar-refractivity contribution is 0.0949. The second-order valence-electron chi connectivity index (χ2n) is 7.28. The number of carbonyl (C=O) groups is 1. The van der Waals surface area contributed by atoms with Gasteiger partial charge in [-0.05, 0) is 29.7 Å². The number of nitrogens with zero attached hydrogens (tertiary/aromatic N) is 4. The van der Waals surface area contributed by atoms with Gasteiger partial charge in [-0.3, -0.25) is 4.79 Å². The number of pyridine rings is 1. The number of rotatable bonds is 7. The van der Waals surface area contributed by atoms with Crippen LogP contribution >= 0.6 is 0 Å². The van der Waals surface area contributed by atoms with E-state index in [1.165, 1.54) is 26.4 Å². The molecule has 0 radical (unpaired) electrons. The van der Waals surface area contributed by atoms with Crippen LogP contribution in [0.2, 0.25) is 0 Å². The van der Waals surface area contributed by atoms with Crippen molar-refractivity contribution in [1.29, 1.82) is 0 Å². The van der Waals surface area contributed by atoms with Gasteiger partial charge < -0.3 is 5.32 Å². The molecule has 0 aliphatic heterocycles. The highest BCUT2D eigenvalue weighted by Gasteiger charge is 2.23. The summed E-state index contributed by atoms with van der Waals surface area (Å²) in [5.41, 5.74) is 1.69. The van der Waals surface area contributed by atoms with E-state index in [1.54, 1.807) is 29.1 Å². The molecule has 0 atom stereocenters. The van der Waals surface area contributed by atoms with Crippen molar-refractivity contribution in [3.05, 3.63) is 71.7 Å². The molecule has 1 N–H and O–H groups in total. The Balaban J connectivity index is 1.88. The molecule has 1 aromatic carbocycles. The summed E-state index contributed by atoms with van der Waals surface area (Å²) in [5.74, 6) is 0.331. The topological polar surface area (TPSA) is 97.2 Å². The molecule has 0 saturated carbocycles. The van der Waals surface area contributed by atoms with E-state index in [0.29, 0.717) is 16.9 Å². The van der Waals surface area contributed by atoms with Crippen LogP contribution in [-0.4, -0.2) is 47.5 Å². The lowest BCUT2D eigenvalue weighted by Gasteiger charge is -2.16. The number of hydrogen-bond acceptors (Lipinski definition) is 5. The van der Waals surface area contributed by atoms with Crippen molar-refractivity contribution < 1.29 is 13.2 Å². The fraction of sp³-hybridized carbons (Fsp3) is 0.286. The Kier molecular flexibility index (Phi) is 6.33. The molecule has 0 aliphatic carbocycles. The number of benzene rings is 1. The minimum atomic E-state index is -3.62. The maximum absolute atomic E-state index is 12.9. The summed E-state index contributed by atoms with van der Waals surface area (Å²) < 4.78 is 27.9. The zero-order chi connectivity index (χ0) is 21.9. The minimum Gasteiger partial charge on any atom is -0.348 e. The van der Waals surface area contributed by atoms with Gasteiger partial charge in [0.2, 0.25) is 10.0 Å². The lowest BCUT2D eigenvalue weighted by atomic mass is 10.1. The maximum atomic E-state index is 12.9. The van der Waals surface area contributed by atoms with Crippen molar-refractivity contribution in [2.45, 2.75) is 31.2 Å². The van der Waals surface area contributed by atoms with Crippen LogP contribution < -0.4 is 5.32 Å². The maximum Gasteiger partial charge on any atom is 0.255 e. The zero-order valence-electron chi connectivity index (χ0n) is 17.4. The molecule has 0 saturated heterocycles. The van der Waals surface area contributed by atoms with Crippen molar-refractivity contribution in [2.75, 3.05) is 14.1 Å². The van der Waals surface area contributed by atoms with Gasteiger partial charge in [-0.25, -0.2) is 22.4 Å². The number of carbonyl (C=O) groups excluding carboxylic acids is 1. The smallest absolute Gasteiger partial charge is 0.255 e. The standard InChI is InChI=1S/C21H25N5O3S/c1-15(2)20-17(14-24-26(20)19-11-7-8-12-22-19)21(27)23-13-16-9-5-6-10-18(16)30(28,29)25(3)4/h5-12,14-15H,13H2,1-4H3,(H,23,27). The summed E-state index contributed by atoms with van der Waals surface area (Å²) in [6, 6.07) is 12.1.